The average Bonchev–Trinajstić information content (AvgIpc) is 3.01. The molecule has 2 amide bonds. The molecule has 0 radical (unpaired) electrons. The molecular weight excluding hydrogens is 477 g/mol. The molecule has 3 rings (SSSR count). The van der Waals surface area contributed by atoms with Gasteiger partial charge in [0.2, 0.25) is 0 Å². The molecule has 168 valence electrons. The summed E-state index contributed by atoms with van der Waals surface area (Å²) in [6.07, 6.45) is 1.55. The average molecular weight is 496 g/mol. The van der Waals surface area contributed by atoms with Gasteiger partial charge in [0.25, 0.3) is 11.1 Å². The molecule has 2 aromatic rings. The monoisotopic (exact) mass is 495 g/mol. The van der Waals surface area contributed by atoms with Gasteiger partial charge < -0.3 is 14.2 Å². The van der Waals surface area contributed by atoms with Gasteiger partial charge in [-0.1, -0.05) is 35.3 Å². The minimum absolute atomic E-state index is 0.143. The quantitative estimate of drug-likeness (QED) is 0.368. The third-order valence-corrected chi connectivity index (χ3v) is 5.76. The van der Waals surface area contributed by atoms with Gasteiger partial charge in [0.1, 0.15) is 0 Å². The van der Waals surface area contributed by atoms with E-state index in [0.717, 1.165) is 22.2 Å². The van der Waals surface area contributed by atoms with E-state index in [2.05, 4.69) is 0 Å². The number of nitrogens with zero attached hydrogens (tertiary/aromatic N) is 1. The fraction of sp³-hybridized carbons (Fsp3) is 0.227. The van der Waals surface area contributed by atoms with Crippen LogP contribution in [-0.4, -0.2) is 42.3 Å². The number of carbonyl (C=O) groups excluding carboxylic acids is 3. The standard InChI is InChI=1S/C22H19Cl2NO6S/c1-3-30-19(26)12-31-20-16(24)8-14(9-17(20)29-2)10-18-21(27)25(22(28)32-18)11-13-4-6-15(23)7-5-13/h4-10H,3,11-12H2,1-2H3/b18-10-. The fourth-order valence-electron chi connectivity index (χ4n) is 2.86. The van der Waals surface area contributed by atoms with Crippen LogP contribution in [0.1, 0.15) is 18.1 Å². The Balaban J connectivity index is 1.79. The van der Waals surface area contributed by atoms with Crippen LogP contribution in [0, 0.1) is 0 Å². The SMILES string of the molecule is CCOC(=O)COc1c(Cl)cc(/C=C2\SC(=O)N(Cc3ccc(Cl)cc3)C2=O)cc1OC. The van der Waals surface area contributed by atoms with Gasteiger partial charge in [-0.3, -0.25) is 14.5 Å². The maximum absolute atomic E-state index is 12.8. The highest BCUT2D eigenvalue weighted by atomic mass is 35.5. The predicted octanol–water partition coefficient (Wildman–Crippen LogP) is 5.18. The Hall–Kier alpha value is -2.68. The number of methoxy groups -OCH3 is 1. The summed E-state index contributed by atoms with van der Waals surface area (Å²) in [5.74, 6) is -0.500. The molecule has 0 aromatic heterocycles. The molecule has 1 heterocycles. The molecule has 1 fully saturated rings. The highest BCUT2D eigenvalue weighted by molar-refractivity contribution is 8.18. The van der Waals surface area contributed by atoms with Gasteiger partial charge in [-0.15, -0.1) is 0 Å². The van der Waals surface area contributed by atoms with Crippen molar-refractivity contribution < 1.29 is 28.6 Å². The predicted molar refractivity (Wildman–Crippen MR) is 123 cm³/mol. The minimum atomic E-state index is -0.538. The van der Waals surface area contributed by atoms with E-state index in [1.807, 2.05) is 0 Å². The minimum Gasteiger partial charge on any atom is -0.493 e. The number of rotatable bonds is 8. The summed E-state index contributed by atoms with van der Waals surface area (Å²) in [5, 5.41) is 0.382. The van der Waals surface area contributed by atoms with Gasteiger partial charge in [0.15, 0.2) is 18.1 Å². The van der Waals surface area contributed by atoms with Crippen LogP contribution in [0.4, 0.5) is 4.79 Å². The number of thioether (sulfide) groups is 1. The van der Waals surface area contributed by atoms with Gasteiger partial charge in [-0.05, 0) is 60.2 Å². The van der Waals surface area contributed by atoms with Gasteiger partial charge in [0.05, 0.1) is 30.2 Å². The fourth-order valence-corrected chi connectivity index (χ4v) is 4.09. The topological polar surface area (TPSA) is 82.1 Å². The van der Waals surface area contributed by atoms with Crippen molar-refractivity contribution >= 4 is 58.2 Å². The van der Waals surface area contributed by atoms with Gasteiger partial charge in [0, 0.05) is 5.02 Å². The van der Waals surface area contributed by atoms with E-state index in [0.29, 0.717) is 10.6 Å². The molecule has 1 saturated heterocycles. The second-order valence-electron chi connectivity index (χ2n) is 6.52. The third-order valence-electron chi connectivity index (χ3n) is 4.32. The zero-order valence-corrected chi connectivity index (χ0v) is 19.6. The molecule has 0 atom stereocenters. The van der Waals surface area contributed by atoms with Crippen LogP contribution in [-0.2, 0) is 20.9 Å². The van der Waals surface area contributed by atoms with E-state index in [1.54, 1.807) is 49.4 Å². The van der Waals surface area contributed by atoms with E-state index in [1.165, 1.54) is 7.11 Å². The van der Waals surface area contributed by atoms with Crippen molar-refractivity contribution in [3.8, 4) is 11.5 Å². The Morgan fingerprint density at radius 2 is 1.88 bits per heavy atom. The highest BCUT2D eigenvalue weighted by Crippen LogP contribution is 2.39. The van der Waals surface area contributed by atoms with Crippen molar-refractivity contribution in [2.24, 2.45) is 0 Å². The normalized spacial score (nSPS) is 14.8. The first-order valence-electron chi connectivity index (χ1n) is 9.48. The van der Waals surface area contributed by atoms with E-state index < -0.39 is 11.9 Å². The number of hydrogen-bond donors (Lipinski definition) is 0. The van der Waals surface area contributed by atoms with Crippen molar-refractivity contribution in [1.82, 2.24) is 4.90 Å². The second kappa shape index (κ2) is 10.8. The lowest BCUT2D eigenvalue weighted by Crippen LogP contribution is -2.27. The summed E-state index contributed by atoms with van der Waals surface area (Å²) < 4.78 is 15.6. The number of halogens is 2. The van der Waals surface area contributed by atoms with E-state index >= 15 is 0 Å². The van der Waals surface area contributed by atoms with Crippen LogP contribution in [0.3, 0.4) is 0 Å². The first-order chi connectivity index (χ1) is 15.3. The Labute approximate surface area is 199 Å². The van der Waals surface area contributed by atoms with Crippen LogP contribution in [0.2, 0.25) is 10.0 Å². The summed E-state index contributed by atoms with van der Waals surface area (Å²) in [6, 6.07) is 10.1. The number of benzene rings is 2. The summed E-state index contributed by atoms with van der Waals surface area (Å²) in [6.45, 7) is 1.74. The molecule has 1 aliphatic rings. The lowest BCUT2D eigenvalue weighted by molar-refractivity contribution is -0.145. The molecule has 10 heteroatoms. The van der Waals surface area contributed by atoms with E-state index in [9.17, 15) is 14.4 Å². The van der Waals surface area contributed by atoms with Crippen molar-refractivity contribution in [2.75, 3.05) is 20.3 Å². The highest BCUT2D eigenvalue weighted by Gasteiger charge is 2.35. The largest absolute Gasteiger partial charge is 0.493 e. The summed E-state index contributed by atoms with van der Waals surface area (Å²) in [5.41, 5.74) is 1.32. The zero-order chi connectivity index (χ0) is 23.3. The van der Waals surface area contributed by atoms with Gasteiger partial charge in [-0.25, -0.2) is 4.79 Å². The number of amides is 2. The number of esters is 1. The molecule has 1 aliphatic heterocycles. The van der Waals surface area contributed by atoms with Crippen molar-refractivity contribution in [2.45, 2.75) is 13.5 Å². The van der Waals surface area contributed by atoms with Crippen LogP contribution in [0.15, 0.2) is 41.3 Å². The molecule has 32 heavy (non-hydrogen) atoms. The molecular formula is C22H19Cl2NO6S. The molecule has 0 unspecified atom stereocenters. The third kappa shape index (κ3) is 5.76. The molecule has 0 aliphatic carbocycles. The molecule has 0 bridgehead atoms. The second-order valence-corrected chi connectivity index (χ2v) is 8.36. The van der Waals surface area contributed by atoms with E-state index in [-0.39, 0.29) is 46.4 Å². The van der Waals surface area contributed by atoms with Crippen LogP contribution >= 0.6 is 35.0 Å². The number of imide groups is 1. The number of hydrogen-bond acceptors (Lipinski definition) is 7. The lowest BCUT2D eigenvalue weighted by Gasteiger charge is -2.13. The Morgan fingerprint density at radius 1 is 1.16 bits per heavy atom. The maximum atomic E-state index is 12.8. The smallest absolute Gasteiger partial charge is 0.344 e. The lowest BCUT2D eigenvalue weighted by atomic mass is 10.1. The first-order valence-corrected chi connectivity index (χ1v) is 11.1. The molecule has 0 saturated carbocycles. The first kappa shape index (κ1) is 24.0. The Morgan fingerprint density at radius 3 is 2.53 bits per heavy atom. The maximum Gasteiger partial charge on any atom is 0.344 e. The summed E-state index contributed by atoms with van der Waals surface area (Å²) >= 11 is 13.0. The Bertz CT molecular complexity index is 1070. The number of carbonyl (C=O) groups is 3. The van der Waals surface area contributed by atoms with Crippen molar-refractivity contribution in [1.29, 1.82) is 0 Å². The Kier molecular flexibility index (Phi) is 8.06. The van der Waals surface area contributed by atoms with Crippen LogP contribution in [0.5, 0.6) is 11.5 Å². The van der Waals surface area contributed by atoms with Crippen LogP contribution in [0.25, 0.3) is 6.08 Å². The van der Waals surface area contributed by atoms with Crippen molar-refractivity contribution in [3.05, 3.63) is 62.5 Å². The zero-order valence-electron chi connectivity index (χ0n) is 17.2. The molecule has 7 nitrogen and oxygen atoms in total. The summed E-state index contributed by atoms with van der Waals surface area (Å²) in [7, 11) is 1.42. The molecule has 0 N–H and O–H groups in total. The van der Waals surface area contributed by atoms with Gasteiger partial charge in [-0.2, -0.15) is 0 Å². The number of ether oxygens (including phenoxy) is 3. The van der Waals surface area contributed by atoms with Crippen LogP contribution < -0.4 is 9.47 Å². The summed E-state index contributed by atoms with van der Waals surface area (Å²) in [4.78, 5) is 38.1. The van der Waals surface area contributed by atoms with E-state index in [4.69, 9.17) is 37.4 Å². The van der Waals surface area contributed by atoms with Gasteiger partial charge >= 0.3 is 5.97 Å². The van der Waals surface area contributed by atoms with Crippen molar-refractivity contribution in [3.63, 3.8) is 0 Å². The molecule has 0 spiro atoms. The molecule has 2 aromatic carbocycles.